The van der Waals surface area contributed by atoms with Gasteiger partial charge in [-0.25, -0.2) is 14.4 Å². The van der Waals surface area contributed by atoms with Gasteiger partial charge in [0.25, 0.3) is 0 Å². The van der Waals surface area contributed by atoms with E-state index in [4.69, 9.17) is 22.1 Å². The van der Waals surface area contributed by atoms with E-state index in [1.54, 1.807) is 12.1 Å². The van der Waals surface area contributed by atoms with Gasteiger partial charge in [0, 0.05) is 19.1 Å². The number of amides is 1. The number of rotatable bonds is 3. The number of benzene rings is 1. The zero-order valence-corrected chi connectivity index (χ0v) is 13.3. The first-order valence-electron chi connectivity index (χ1n) is 6.40. The van der Waals surface area contributed by atoms with Crippen LogP contribution in [0.5, 0.6) is 11.6 Å². The highest BCUT2D eigenvalue weighted by molar-refractivity contribution is 7.21. The van der Waals surface area contributed by atoms with Crippen LogP contribution < -0.4 is 15.8 Å². The summed E-state index contributed by atoms with van der Waals surface area (Å²) in [6.45, 7) is 1.40. The van der Waals surface area contributed by atoms with Crippen LogP contribution in [-0.2, 0) is 4.79 Å². The van der Waals surface area contributed by atoms with Gasteiger partial charge in [0.2, 0.25) is 11.8 Å². The van der Waals surface area contributed by atoms with Crippen LogP contribution in [0.3, 0.4) is 0 Å². The van der Waals surface area contributed by atoms with E-state index in [2.05, 4.69) is 15.3 Å². The molecule has 23 heavy (non-hydrogen) atoms. The van der Waals surface area contributed by atoms with Crippen molar-refractivity contribution in [2.24, 2.45) is 0 Å². The molecule has 0 aliphatic heterocycles. The van der Waals surface area contributed by atoms with Gasteiger partial charge in [-0.05, 0) is 12.1 Å². The maximum atomic E-state index is 13.3. The number of hydrogen-bond acceptors (Lipinski definition) is 6. The average molecular weight is 353 g/mol. The first-order valence-corrected chi connectivity index (χ1v) is 7.59. The molecule has 0 saturated heterocycles. The Labute approximate surface area is 139 Å². The molecule has 0 bridgehead atoms. The number of thiazole rings is 1. The first-order chi connectivity index (χ1) is 10.9. The van der Waals surface area contributed by atoms with Crippen LogP contribution in [-0.4, -0.2) is 15.9 Å². The van der Waals surface area contributed by atoms with Gasteiger partial charge in [-0.3, -0.25) is 4.79 Å². The fraction of sp³-hybridized carbons (Fsp3) is 0.0714. The molecule has 0 fully saturated rings. The lowest BCUT2D eigenvalue weighted by Crippen LogP contribution is -2.04. The molecule has 3 N–H and O–H groups in total. The standard InChI is InChI=1S/C14H10ClFN4O2S/c1-6(21)18-14-19-10-2-3-12(20-13(10)23-14)22-11-5-9(17)8(16)4-7(11)15/h2-5H,17H2,1H3,(H,18,19,21). The van der Waals surface area contributed by atoms with E-state index in [-0.39, 0.29) is 28.2 Å². The Morgan fingerprint density at radius 3 is 2.91 bits per heavy atom. The number of nitrogens with zero attached hydrogens (tertiary/aromatic N) is 2. The second-order valence-corrected chi connectivity index (χ2v) is 5.96. The Hall–Kier alpha value is -2.45. The summed E-state index contributed by atoms with van der Waals surface area (Å²) in [5.74, 6) is -0.380. The zero-order valence-electron chi connectivity index (χ0n) is 11.8. The Balaban J connectivity index is 1.91. The molecule has 2 aromatic heterocycles. The number of nitrogen functional groups attached to an aromatic ring is 1. The van der Waals surface area contributed by atoms with Crippen molar-refractivity contribution >= 4 is 50.0 Å². The van der Waals surface area contributed by atoms with E-state index in [1.165, 1.54) is 24.3 Å². The summed E-state index contributed by atoms with van der Waals surface area (Å²) in [7, 11) is 0. The van der Waals surface area contributed by atoms with E-state index in [0.29, 0.717) is 15.5 Å². The third-order valence-corrected chi connectivity index (χ3v) is 3.95. The molecular weight excluding hydrogens is 343 g/mol. The number of aromatic nitrogens is 2. The zero-order chi connectivity index (χ0) is 16.6. The Bertz CT molecular complexity index is 915. The summed E-state index contributed by atoms with van der Waals surface area (Å²) in [4.78, 5) is 20.1. The highest BCUT2D eigenvalue weighted by Crippen LogP contribution is 2.33. The normalized spacial score (nSPS) is 10.7. The lowest BCUT2D eigenvalue weighted by Gasteiger charge is -2.08. The first kappa shape index (κ1) is 15.4. The SMILES string of the molecule is CC(=O)Nc1nc2ccc(Oc3cc(N)c(F)cc3Cl)nc2s1. The number of hydrogen-bond donors (Lipinski definition) is 2. The van der Waals surface area contributed by atoms with Crippen molar-refractivity contribution in [2.75, 3.05) is 11.1 Å². The average Bonchev–Trinajstić information content (AvgIpc) is 2.85. The third-order valence-electron chi connectivity index (χ3n) is 2.78. The summed E-state index contributed by atoms with van der Waals surface area (Å²) in [5.41, 5.74) is 6.05. The topological polar surface area (TPSA) is 90.1 Å². The Morgan fingerprint density at radius 1 is 1.39 bits per heavy atom. The monoisotopic (exact) mass is 352 g/mol. The summed E-state index contributed by atoms with van der Waals surface area (Å²) < 4.78 is 18.8. The number of anilines is 2. The molecule has 1 amide bonds. The second-order valence-electron chi connectivity index (χ2n) is 4.58. The smallest absolute Gasteiger partial charge is 0.223 e. The highest BCUT2D eigenvalue weighted by atomic mass is 35.5. The minimum atomic E-state index is -0.617. The number of carbonyl (C=O) groups excluding carboxylic acids is 1. The van der Waals surface area contributed by atoms with E-state index < -0.39 is 5.82 Å². The number of pyridine rings is 1. The van der Waals surface area contributed by atoms with Crippen LogP contribution in [0.25, 0.3) is 10.3 Å². The molecular formula is C14H10ClFN4O2S. The maximum absolute atomic E-state index is 13.3. The predicted molar refractivity (Wildman–Crippen MR) is 87.6 cm³/mol. The van der Waals surface area contributed by atoms with E-state index in [9.17, 15) is 9.18 Å². The largest absolute Gasteiger partial charge is 0.437 e. The summed E-state index contributed by atoms with van der Waals surface area (Å²) >= 11 is 7.13. The number of fused-ring (bicyclic) bond motifs is 1. The van der Waals surface area contributed by atoms with Gasteiger partial charge in [-0.15, -0.1) is 0 Å². The number of carbonyl (C=O) groups is 1. The van der Waals surface area contributed by atoms with Gasteiger partial charge in [0.05, 0.1) is 10.7 Å². The molecule has 3 rings (SSSR count). The highest BCUT2D eigenvalue weighted by Gasteiger charge is 2.11. The molecule has 0 aliphatic rings. The van der Waals surface area contributed by atoms with Crippen molar-refractivity contribution in [3.05, 3.63) is 35.1 Å². The summed E-state index contributed by atoms with van der Waals surface area (Å²) in [6.07, 6.45) is 0. The van der Waals surface area contributed by atoms with Crippen molar-refractivity contribution in [1.82, 2.24) is 9.97 Å². The van der Waals surface area contributed by atoms with Gasteiger partial charge in [-0.2, -0.15) is 0 Å². The van der Waals surface area contributed by atoms with E-state index >= 15 is 0 Å². The lowest BCUT2D eigenvalue weighted by atomic mass is 10.3. The third kappa shape index (κ3) is 3.33. The van der Waals surface area contributed by atoms with Crippen LogP contribution >= 0.6 is 22.9 Å². The van der Waals surface area contributed by atoms with Gasteiger partial charge >= 0.3 is 0 Å². The van der Waals surface area contributed by atoms with Gasteiger partial charge in [0.15, 0.2) is 5.13 Å². The molecule has 0 unspecified atom stereocenters. The molecule has 1 aromatic carbocycles. The molecule has 0 radical (unpaired) electrons. The van der Waals surface area contributed by atoms with Crippen LogP contribution in [0.2, 0.25) is 5.02 Å². The maximum Gasteiger partial charge on any atom is 0.223 e. The number of halogens is 2. The van der Waals surface area contributed by atoms with Crippen molar-refractivity contribution in [2.45, 2.75) is 6.92 Å². The Kier molecular flexibility index (Phi) is 4.01. The molecule has 118 valence electrons. The Morgan fingerprint density at radius 2 is 2.17 bits per heavy atom. The van der Waals surface area contributed by atoms with Crippen molar-refractivity contribution in [3.63, 3.8) is 0 Å². The number of nitrogens with one attached hydrogen (secondary N) is 1. The van der Waals surface area contributed by atoms with Crippen LogP contribution in [0, 0.1) is 5.82 Å². The van der Waals surface area contributed by atoms with Crippen molar-refractivity contribution in [3.8, 4) is 11.6 Å². The molecule has 9 heteroatoms. The molecule has 6 nitrogen and oxygen atoms in total. The molecule has 2 heterocycles. The van der Waals surface area contributed by atoms with E-state index in [0.717, 1.165) is 6.07 Å². The summed E-state index contributed by atoms with van der Waals surface area (Å²) in [6, 6.07) is 5.65. The van der Waals surface area contributed by atoms with Gasteiger partial charge in [-0.1, -0.05) is 22.9 Å². The fourth-order valence-electron chi connectivity index (χ4n) is 1.80. The van der Waals surface area contributed by atoms with E-state index in [1.807, 2.05) is 0 Å². The molecule has 3 aromatic rings. The minimum Gasteiger partial charge on any atom is -0.437 e. The van der Waals surface area contributed by atoms with Crippen LogP contribution in [0.4, 0.5) is 15.2 Å². The van der Waals surface area contributed by atoms with Crippen molar-refractivity contribution in [1.29, 1.82) is 0 Å². The van der Waals surface area contributed by atoms with Crippen LogP contribution in [0.1, 0.15) is 6.92 Å². The van der Waals surface area contributed by atoms with Gasteiger partial charge in [0.1, 0.15) is 21.9 Å². The van der Waals surface area contributed by atoms with Crippen molar-refractivity contribution < 1.29 is 13.9 Å². The van der Waals surface area contributed by atoms with Gasteiger partial charge < -0.3 is 15.8 Å². The molecule has 0 atom stereocenters. The molecule has 0 aliphatic carbocycles. The quantitative estimate of drug-likeness (QED) is 0.699. The molecule has 0 spiro atoms. The number of nitrogens with two attached hydrogens (primary N) is 1. The minimum absolute atomic E-state index is 0.0730. The summed E-state index contributed by atoms with van der Waals surface area (Å²) in [5, 5.41) is 3.13. The lowest BCUT2D eigenvalue weighted by molar-refractivity contribution is -0.114. The number of ether oxygens (including phenoxy) is 1. The second kappa shape index (κ2) is 5.98. The predicted octanol–water partition coefficient (Wildman–Crippen LogP) is 3.82. The molecule has 0 saturated carbocycles. The van der Waals surface area contributed by atoms with Crippen LogP contribution in [0.15, 0.2) is 24.3 Å². The fourth-order valence-corrected chi connectivity index (χ4v) is 2.86.